The lowest BCUT2D eigenvalue weighted by atomic mass is 9.95. The van der Waals surface area contributed by atoms with Gasteiger partial charge >= 0.3 is 6.09 Å². The van der Waals surface area contributed by atoms with Crippen molar-refractivity contribution >= 4 is 17.1 Å². The summed E-state index contributed by atoms with van der Waals surface area (Å²) in [5.74, 6) is 0.483. The van der Waals surface area contributed by atoms with Gasteiger partial charge in [0.2, 0.25) is 0 Å². The molecule has 1 aliphatic rings. The van der Waals surface area contributed by atoms with Crippen molar-refractivity contribution in [1.82, 2.24) is 14.9 Å². The van der Waals surface area contributed by atoms with Gasteiger partial charge in [-0.2, -0.15) is 0 Å². The number of hydrogen-bond donors (Lipinski definition) is 1. The molecule has 1 heterocycles. The summed E-state index contributed by atoms with van der Waals surface area (Å²) in [5.41, 5.74) is 0.991. The molecule has 1 aromatic heterocycles. The van der Waals surface area contributed by atoms with Crippen molar-refractivity contribution < 1.29 is 13.9 Å². The van der Waals surface area contributed by atoms with Gasteiger partial charge in [-0.05, 0) is 58.7 Å². The molecule has 6 heteroatoms. The van der Waals surface area contributed by atoms with E-state index >= 15 is 0 Å². The van der Waals surface area contributed by atoms with Crippen LogP contribution in [0.2, 0.25) is 0 Å². The van der Waals surface area contributed by atoms with E-state index in [0.717, 1.165) is 42.5 Å². The maximum atomic E-state index is 13.9. The normalized spacial score (nSPS) is 17.3. The first-order chi connectivity index (χ1) is 12.2. The summed E-state index contributed by atoms with van der Waals surface area (Å²) in [7, 11) is 0. The van der Waals surface area contributed by atoms with Crippen LogP contribution in [-0.4, -0.2) is 21.2 Å². The Morgan fingerprint density at radius 1 is 1.31 bits per heavy atom. The Kier molecular flexibility index (Phi) is 5.21. The molecule has 0 radical (unpaired) electrons. The van der Waals surface area contributed by atoms with Crippen LogP contribution in [0.25, 0.3) is 11.0 Å². The number of nitrogens with one attached hydrogen (secondary N) is 1. The number of imidazole rings is 1. The second-order valence-electron chi connectivity index (χ2n) is 8.13. The molecular formula is C20H28FN3O2. The predicted molar refractivity (Wildman–Crippen MR) is 99.6 cm³/mol. The lowest BCUT2D eigenvalue weighted by molar-refractivity contribution is 0.0504. The van der Waals surface area contributed by atoms with Gasteiger partial charge in [-0.3, -0.25) is 0 Å². The minimum absolute atomic E-state index is 0.270. The van der Waals surface area contributed by atoms with Crippen molar-refractivity contribution in [3.8, 4) is 0 Å². The molecule has 2 aromatic rings. The highest BCUT2D eigenvalue weighted by molar-refractivity contribution is 5.77. The van der Waals surface area contributed by atoms with Crippen LogP contribution in [0, 0.1) is 5.82 Å². The Labute approximate surface area is 153 Å². The van der Waals surface area contributed by atoms with Crippen LogP contribution < -0.4 is 5.32 Å². The Morgan fingerprint density at radius 2 is 2.00 bits per heavy atom. The number of carbonyl (C=O) groups excluding carboxylic acids is 1. The summed E-state index contributed by atoms with van der Waals surface area (Å²) >= 11 is 0. The van der Waals surface area contributed by atoms with E-state index in [-0.39, 0.29) is 17.9 Å². The van der Waals surface area contributed by atoms with Crippen LogP contribution in [0.15, 0.2) is 18.2 Å². The average Bonchev–Trinajstić information content (AvgIpc) is 2.92. The van der Waals surface area contributed by atoms with Crippen LogP contribution in [0.1, 0.15) is 77.7 Å². The number of halogens is 1. The monoisotopic (exact) mass is 361 g/mol. The molecule has 1 amide bonds. The molecular weight excluding hydrogens is 333 g/mol. The van der Waals surface area contributed by atoms with Gasteiger partial charge in [0.05, 0.1) is 17.1 Å². The molecule has 142 valence electrons. The van der Waals surface area contributed by atoms with Crippen LogP contribution in [0.4, 0.5) is 9.18 Å². The van der Waals surface area contributed by atoms with Gasteiger partial charge in [-0.15, -0.1) is 0 Å². The second kappa shape index (κ2) is 7.25. The molecule has 3 rings (SSSR count). The van der Waals surface area contributed by atoms with E-state index in [1.807, 2.05) is 27.7 Å². The summed E-state index contributed by atoms with van der Waals surface area (Å²) in [6.07, 6.45) is 5.18. The number of fused-ring (bicyclic) bond motifs is 1. The topological polar surface area (TPSA) is 56.1 Å². The Morgan fingerprint density at radius 3 is 2.65 bits per heavy atom. The van der Waals surface area contributed by atoms with E-state index in [4.69, 9.17) is 9.72 Å². The first-order valence-corrected chi connectivity index (χ1v) is 9.41. The van der Waals surface area contributed by atoms with E-state index in [1.165, 1.54) is 12.5 Å². The number of benzene rings is 1. The molecule has 1 fully saturated rings. The SMILES string of the molecule is CC(NC(=O)OC(C)(C)C)c1nc2ccc(F)cc2n1C1CCCCC1. The van der Waals surface area contributed by atoms with E-state index in [1.54, 1.807) is 12.1 Å². The molecule has 1 aromatic carbocycles. The van der Waals surface area contributed by atoms with Crippen molar-refractivity contribution in [3.63, 3.8) is 0 Å². The molecule has 1 aliphatic carbocycles. The first kappa shape index (κ1) is 18.7. The number of rotatable bonds is 3. The second-order valence-corrected chi connectivity index (χ2v) is 8.13. The number of ether oxygens (including phenoxy) is 1. The summed E-state index contributed by atoms with van der Waals surface area (Å²) in [5, 5.41) is 2.87. The van der Waals surface area contributed by atoms with E-state index in [9.17, 15) is 9.18 Å². The number of nitrogens with zero attached hydrogens (tertiary/aromatic N) is 2. The molecule has 1 saturated carbocycles. The highest BCUT2D eigenvalue weighted by Gasteiger charge is 2.26. The fourth-order valence-corrected chi connectivity index (χ4v) is 3.66. The van der Waals surface area contributed by atoms with Gasteiger partial charge in [0.1, 0.15) is 17.2 Å². The Bertz CT molecular complexity index is 788. The zero-order chi connectivity index (χ0) is 18.9. The van der Waals surface area contributed by atoms with Gasteiger partial charge < -0.3 is 14.6 Å². The smallest absolute Gasteiger partial charge is 0.408 e. The zero-order valence-electron chi connectivity index (χ0n) is 16.0. The van der Waals surface area contributed by atoms with Crippen LogP contribution in [0.3, 0.4) is 0 Å². The standard InChI is InChI=1S/C20H28FN3O2/c1-13(22-19(25)26-20(2,3)4)18-23-16-11-10-14(21)12-17(16)24(18)15-8-6-5-7-9-15/h10-13,15H,5-9H2,1-4H3,(H,22,25). The molecule has 26 heavy (non-hydrogen) atoms. The number of amides is 1. The van der Waals surface area contributed by atoms with Gasteiger partial charge in [-0.25, -0.2) is 14.2 Å². The van der Waals surface area contributed by atoms with Gasteiger partial charge in [0.25, 0.3) is 0 Å². The van der Waals surface area contributed by atoms with E-state index < -0.39 is 11.7 Å². The number of carbonyl (C=O) groups is 1. The largest absolute Gasteiger partial charge is 0.444 e. The third-order valence-electron chi connectivity index (χ3n) is 4.74. The third kappa shape index (κ3) is 4.17. The van der Waals surface area contributed by atoms with Crippen molar-refractivity contribution in [1.29, 1.82) is 0 Å². The minimum Gasteiger partial charge on any atom is -0.444 e. The van der Waals surface area contributed by atoms with Crippen LogP contribution >= 0.6 is 0 Å². The summed E-state index contributed by atoms with van der Waals surface area (Å²) in [6.45, 7) is 7.38. The maximum absolute atomic E-state index is 13.9. The molecule has 1 N–H and O–H groups in total. The van der Waals surface area contributed by atoms with E-state index in [2.05, 4.69) is 9.88 Å². The van der Waals surface area contributed by atoms with Crippen LogP contribution in [0.5, 0.6) is 0 Å². The summed E-state index contributed by atoms with van der Waals surface area (Å²) in [6, 6.07) is 4.63. The molecule has 0 bridgehead atoms. The number of aromatic nitrogens is 2. The van der Waals surface area contributed by atoms with Crippen molar-refractivity contribution in [2.45, 2.75) is 77.5 Å². The summed E-state index contributed by atoms with van der Waals surface area (Å²) in [4.78, 5) is 16.9. The van der Waals surface area contributed by atoms with Crippen LogP contribution in [-0.2, 0) is 4.74 Å². The van der Waals surface area contributed by atoms with Gasteiger partial charge in [0, 0.05) is 6.04 Å². The fourth-order valence-electron chi connectivity index (χ4n) is 3.66. The molecule has 1 unspecified atom stereocenters. The minimum atomic E-state index is -0.559. The van der Waals surface area contributed by atoms with Crippen molar-refractivity contribution in [3.05, 3.63) is 29.8 Å². The van der Waals surface area contributed by atoms with E-state index in [0.29, 0.717) is 0 Å². The Balaban J connectivity index is 1.94. The lowest BCUT2D eigenvalue weighted by Crippen LogP contribution is -2.35. The molecule has 5 nitrogen and oxygen atoms in total. The molecule has 0 aliphatic heterocycles. The molecule has 0 spiro atoms. The third-order valence-corrected chi connectivity index (χ3v) is 4.74. The van der Waals surface area contributed by atoms with Gasteiger partial charge in [0.15, 0.2) is 0 Å². The number of alkyl carbamates (subject to hydrolysis) is 1. The lowest BCUT2D eigenvalue weighted by Gasteiger charge is -2.28. The molecule has 0 saturated heterocycles. The zero-order valence-corrected chi connectivity index (χ0v) is 16.0. The highest BCUT2D eigenvalue weighted by atomic mass is 19.1. The quantitative estimate of drug-likeness (QED) is 0.810. The van der Waals surface area contributed by atoms with Crippen molar-refractivity contribution in [2.75, 3.05) is 0 Å². The van der Waals surface area contributed by atoms with Gasteiger partial charge in [-0.1, -0.05) is 19.3 Å². The van der Waals surface area contributed by atoms with Crippen molar-refractivity contribution in [2.24, 2.45) is 0 Å². The maximum Gasteiger partial charge on any atom is 0.408 e. The predicted octanol–water partition coefficient (Wildman–Crippen LogP) is 5.27. The molecule has 1 atom stereocenters. The summed E-state index contributed by atoms with van der Waals surface area (Å²) < 4.78 is 21.3. The average molecular weight is 361 g/mol. The first-order valence-electron chi connectivity index (χ1n) is 9.41. The Hall–Kier alpha value is -2.11. The highest BCUT2D eigenvalue weighted by Crippen LogP contribution is 2.34. The number of hydrogen-bond acceptors (Lipinski definition) is 3. The fraction of sp³-hybridized carbons (Fsp3) is 0.600.